The van der Waals surface area contributed by atoms with Crippen molar-refractivity contribution < 1.29 is 9.15 Å². The van der Waals surface area contributed by atoms with E-state index in [9.17, 15) is 4.79 Å². The summed E-state index contributed by atoms with van der Waals surface area (Å²) in [7, 11) is 0. The Morgan fingerprint density at radius 1 is 1.29 bits per heavy atom. The third kappa shape index (κ3) is 2.67. The summed E-state index contributed by atoms with van der Waals surface area (Å²) in [5.74, 6) is 0.793. The molecule has 0 radical (unpaired) electrons. The van der Waals surface area contributed by atoms with Gasteiger partial charge in [0.25, 0.3) is 0 Å². The Morgan fingerprint density at radius 3 is 3.00 bits per heavy atom. The molecule has 0 amide bonds. The highest BCUT2D eigenvalue weighted by Gasteiger charge is 2.22. The summed E-state index contributed by atoms with van der Waals surface area (Å²) in [4.78, 5) is 18.2. The van der Waals surface area contributed by atoms with Crippen molar-refractivity contribution in [1.29, 1.82) is 0 Å². The molecule has 0 N–H and O–H groups in total. The highest BCUT2D eigenvalue weighted by atomic mass is 16.5. The van der Waals surface area contributed by atoms with Gasteiger partial charge in [0.2, 0.25) is 0 Å². The molecule has 5 nitrogen and oxygen atoms in total. The lowest BCUT2D eigenvalue weighted by atomic mass is 10.0. The van der Waals surface area contributed by atoms with Crippen molar-refractivity contribution in [2.24, 2.45) is 0 Å². The average Bonchev–Trinajstić information content (AvgIpc) is 2.62. The van der Waals surface area contributed by atoms with E-state index in [2.05, 4.69) is 9.88 Å². The number of nitrogens with zero attached hydrogens (tertiary/aromatic N) is 2. The van der Waals surface area contributed by atoms with Gasteiger partial charge in [0.15, 0.2) is 0 Å². The molecule has 0 fully saturated rings. The first-order chi connectivity index (χ1) is 11.7. The monoisotopic (exact) mass is 322 g/mol. The van der Waals surface area contributed by atoms with Crippen LogP contribution in [0.25, 0.3) is 11.0 Å². The Balaban J connectivity index is 1.74. The molecule has 0 bridgehead atoms. The van der Waals surface area contributed by atoms with Crippen molar-refractivity contribution in [2.75, 3.05) is 6.73 Å². The molecular weight excluding hydrogens is 304 g/mol. The summed E-state index contributed by atoms with van der Waals surface area (Å²) < 4.78 is 11.4. The normalized spacial score (nSPS) is 14.4. The van der Waals surface area contributed by atoms with Gasteiger partial charge in [-0.3, -0.25) is 9.88 Å². The Bertz CT molecular complexity index is 934. The zero-order valence-corrected chi connectivity index (χ0v) is 13.5. The molecule has 4 rings (SSSR count). The number of benzene rings is 1. The zero-order chi connectivity index (χ0) is 16.5. The summed E-state index contributed by atoms with van der Waals surface area (Å²) in [6.07, 6.45) is 4.41. The van der Waals surface area contributed by atoms with E-state index in [0.717, 1.165) is 40.8 Å². The maximum absolute atomic E-state index is 11.9. The molecule has 0 spiro atoms. The minimum atomic E-state index is -0.308. The van der Waals surface area contributed by atoms with E-state index in [1.807, 2.05) is 37.4 Å². The van der Waals surface area contributed by atoms with Gasteiger partial charge >= 0.3 is 5.63 Å². The summed E-state index contributed by atoms with van der Waals surface area (Å²) >= 11 is 0. The standard InChI is InChI=1S/C19H18N2O3/c1-2-14-8-18(22)24-19-15(14)5-6-17-16(19)11-21(12-23-17)10-13-4-3-7-20-9-13/h3-9H,2,10-12H2,1H3. The quantitative estimate of drug-likeness (QED) is 0.694. The fourth-order valence-electron chi connectivity index (χ4n) is 3.19. The molecule has 5 heteroatoms. The number of aromatic nitrogens is 1. The van der Waals surface area contributed by atoms with Crippen LogP contribution >= 0.6 is 0 Å². The van der Waals surface area contributed by atoms with Gasteiger partial charge in [0.05, 0.1) is 5.56 Å². The van der Waals surface area contributed by atoms with Crippen LogP contribution in [0.15, 0.2) is 51.9 Å². The van der Waals surface area contributed by atoms with Crippen LogP contribution in [0.5, 0.6) is 5.75 Å². The van der Waals surface area contributed by atoms with E-state index in [0.29, 0.717) is 18.9 Å². The van der Waals surface area contributed by atoms with E-state index in [1.54, 1.807) is 12.3 Å². The molecule has 1 aliphatic heterocycles. The second kappa shape index (κ2) is 6.09. The van der Waals surface area contributed by atoms with Gasteiger partial charge < -0.3 is 9.15 Å². The zero-order valence-electron chi connectivity index (χ0n) is 13.5. The number of pyridine rings is 1. The molecule has 3 heterocycles. The maximum atomic E-state index is 11.9. The molecule has 0 saturated heterocycles. The lowest BCUT2D eigenvalue weighted by Crippen LogP contribution is -2.31. The van der Waals surface area contributed by atoms with Crippen LogP contribution in [0.3, 0.4) is 0 Å². The van der Waals surface area contributed by atoms with Gasteiger partial charge in [0, 0.05) is 36.9 Å². The average molecular weight is 322 g/mol. The topological polar surface area (TPSA) is 55.6 Å². The van der Waals surface area contributed by atoms with Crippen molar-refractivity contribution in [1.82, 2.24) is 9.88 Å². The van der Waals surface area contributed by atoms with Crippen molar-refractivity contribution in [3.8, 4) is 5.75 Å². The number of fused-ring (bicyclic) bond motifs is 3. The Labute approximate surface area is 139 Å². The van der Waals surface area contributed by atoms with Crippen LogP contribution in [0.1, 0.15) is 23.6 Å². The lowest BCUT2D eigenvalue weighted by Gasteiger charge is -2.29. The third-order valence-electron chi connectivity index (χ3n) is 4.35. The van der Waals surface area contributed by atoms with Gasteiger partial charge in [-0.25, -0.2) is 4.79 Å². The SMILES string of the molecule is CCc1cc(=O)oc2c3c(ccc12)OCN(Cc1cccnc1)C3. The first-order valence-electron chi connectivity index (χ1n) is 8.07. The molecule has 1 aromatic carbocycles. The Morgan fingerprint density at radius 2 is 2.21 bits per heavy atom. The van der Waals surface area contributed by atoms with Gasteiger partial charge in [-0.15, -0.1) is 0 Å². The molecule has 122 valence electrons. The number of ether oxygens (including phenoxy) is 1. The third-order valence-corrected chi connectivity index (χ3v) is 4.35. The number of aryl methyl sites for hydroxylation is 1. The summed E-state index contributed by atoms with van der Waals surface area (Å²) in [5.41, 5.74) is 3.41. The first kappa shape index (κ1) is 14.9. The van der Waals surface area contributed by atoms with Crippen molar-refractivity contribution in [3.05, 3.63) is 69.8 Å². The number of rotatable bonds is 3. The second-order valence-corrected chi connectivity index (χ2v) is 5.98. The second-order valence-electron chi connectivity index (χ2n) is 5.98. The van der Waals surface area contributed by atoms with Gasteiger partial charge in [0.1, 0.15) is 18.1 Å². The van der Waals surface area contributed by atoms with Crippen LogP contribution < -0.4 is 10.4 Å². The number of hydrogen-bond donors (Lipinski definition) is 0. The predicted octanol–water partition coefficient (Wildman–Crippen LogP) is 3.10. The maximum Gasteiger partial charge on any atom is 0.336 e. The minimum Gasteiger partial charge on any atom is -0.478 e. The van der Waals surface area contributed by atoms with Crippen molar-refractivity contribution >= 4 is 11.0 Å². The van der Waals surface area contributed by atoms with Crippen LogP contribution in [0, 0.1) is 0 Å². The molecule has 2 aromatic heterocycles. The summed E-state index contributed by atoms with van der Waals surface area (Å²) in [5, 5.41) is 0.989. The van der Waals surface area contributed by atoms with Gasteiger partial charge in [-0.05, 0) is 35.7 Å². The smallest absolute Gasteiger partial charge is 0.336 e. The molecule has 24 heavy (non-hydrogen) atoms. The largest absolute Gasteiger partial charge is 0.478 e. The predicted molar refractivity (Wildman–Crippen MR) is 90.8 cm³/mol. The van der Waals surface area contributed by atoms with E-state index in [4.69, 9.17) is 9.15 Å². The van der Waals surface area contributed by atoms with Crippen LogP contribution in [-0.4, -0.2) is 16.6 Å². The van der Waals surface area contributed by atoms with E-state index in [-0.39, 0.29) is 5.63 Å². The molecular formula is C19H18N2O3. The molecule has 0 saturated carbocycles. The van der Waals surface area contributed by atoms with Crippen LogP contribution in [0.4, 0.5) is 0 Å². The van der Waals surface area contributed by atoms with Crippen molar-refractivity contribution in [3.63, 3.8) is 0 Å². The molecule has 3 aromatic rings. The van der Waals surface area contributed by atoms with E-state index >= 15 is 0 Å². The first-order valence-corrected chi connectivity index (χ1v) is 8.07. The van der Waals surface area contributed by atoms with Crippen molar-refractivity contribution in [2.45, 2.75) is 26.4 Å². The molecule has 0 aliphatic carbocycles. The Kier molecular flexibility index (Phi) is 3.78. The highest BCUT2D eigenvalue weighted by molar-refractivity contribution is 5.85. The fraction of sp³-hybridized carbons (Fsp3) is 0.263. The van der Waals surface area contributed by atoms with E-state index in [1.165, 1.54) is 0 Å². The number of hydrogen-bond acceptors (Lipinski definition) is 5. The fourth-order valence-corrected chi connectivity index (χ4v) is 3.19. The molecule has 0 unspecified atom stereocenters. The Hall–Kier alpha value is -2.66. The van der Waals surface area contributed by atoms with Gasteiger partial charge in [-0.2, -0.15) is 0 Å². The molecule has 1 aliphatic rings. The summed E-state index contributed by atoms with van der Waals surface area (Å²) in [6, 6.07) is 9.49. The molecule has 0 atom stereocenters. The highest BCUT2D eigenvalue weighted by Crippen LogP contribution is 2.33. The van der Waals surface area contributed by atoms with Crippen LogP contribution in [0.2, 0.25) is 0 Å². The lowest BCUT2D eigenvalue weighted by molar-refractivity contribution is 0.0889. The van der Waals surface area contributed by atoms with Crippen LogP contribution in [-0.2, 0) is 19.5 Å². The minimum absolute atomic E-state index is 0.308. The summed E-state index contributed by atoms with van der Waals surface area (Å²) in [6.45, 7) is 3.96. The van der Waals surface area contributed by atoms with E-state index < -0.39 is 0 Å². The van der Waals surface area contributed by atoms with Gasteiger partial charge in [-0.1, -0.05) is 13.0 Å².